The fourth-order valence-electron chi connectivity index (χ4n) is 1.32. The SMILES string of the molecule is c1ccc(NCC2CCN2)cc1. The largest absolute Gasteiger partial charge is 0.383 e. The molecule has 0 saturated carbocycles. The monoisotopic (exact) mass is 162 g/mol. The van der Waals surface area contributed by atoms with Gasteiger partial charge in [0.2, 0.25) is 0 Å². The summed E-state index contributed by atoms with van der Waals surface area (Å²) in [6.45, 7) is 2.23. The minimum atomic E-state index is 0.685. The van der Waals surface area contributed by atoms with Gasteiger partial charge >= 0.3 is 0 Å². The minimum absolute atomic E-state index is 0.685. The molecule has 1 fully saturated rings. The van der Waals surface area contributed by atoms with Crippen LogP contribution in [-0.4, -0.2) is 19.1 Å². The molecule has 0 radical (unpaired) electrons. The van der Waals surface area contributed by atoms with Crippen LogP contribution in [0.25, 0.3) is 0 Å². The van der Waals surface area contributed by atoms with Crippen LogP contribution in [-0.2, 0) is 0 Å². The smallest absolute Gasteiger partial charge is 0.0340 e. The van der Waals surface area contributed by atoms with E-state index in [4.69, 9.17) is 0 Å². The zero-order valence-corrected chi connectivity index (χ0v) is 7.09. The van der Waals surface area contributed by atoms with Crippen molar-refractivity contribution in [1.29, 1.82) is 0 Å². The molecule has 1 aliphatic heterocycles. The van der Waals surface area contributed by atoms with Gasteiger partial charge < -0.3 is 10.6 Å². The molecular weight excluding hydrogens is 148 g/mol. The van der Waals surface area contributed by atoms with Crippen LogP contribution >= 0.6 is 0 Å². The first kappa shape index (κ1) is 7.62. The normalized spacial score (nSPS) is 21.5. The summed E-state index contributed by atoms with van der Waals surface area (Å²) in [5.41, 5.74) is 1.21. The lowest BCUT2D eigenvalue weighted by atomic mass is 10.1. The van der Waals surface area contributed by atoms with E-state index in [0.29, 0.717) is 6.04 Å². The minimum Gasteiger partial charge on any atom is -0.383 e. The molecule has 64 valence electrons. The van der Waals surface area contributed by atoms with E-state index in [9.17, 15) is 0 Å². The molecule has 0 bridgehead atoms. The van der Waals surface area contributed by atoms with Gasteiger partial charge in [0.05, 0.1) is 0 Å². The zero-order valence-electron chi connectivity index (χ0n) is 7.09. The van der Waals surface area contributed by atoms with Gasteiger partial charge in [-0.2, -0.15) is 0 Å². The second-order valence-corrected chi connectivity index (χ2v) is 3.19. The van der Waals surface area contributed by atoms with Crippen LogP contribution in [0.1, 0.15) is 6.42 Å². The van der Waals surface area contributed by atoms with Gasteiger partial charge in [0, 0.05) is 18.3 Å². The fraction of sp³-hybridized carbons (Fsp3) is 0.400. The maximum atomic E-state index is 3.38. The van der Waals surface area contributed by atoms with Crippen LogP contribution in [0.4, 0.5) is 5.69 Å². The summed E-state index contributed by atoms with van der Waals surface area (Å²) in [6.07, 6.45) is 1.31. The van der Waals surface area contributed by atoms with Crippen molar-refractivity contribution in [2.75, 3.05) is 18.4 Å². The molecule has 12 heavy (non-hydrogen) atoms. The highest BCUT2D eigenvalue weighted by Gasteiger charge is 2.14. The van der Waals surface area contributed by atoms with Crippen molar-refractivity contribution >= 4 is 5.69 Å². The Bertz CT molecular complexity index is 229. The molecule has 0 aromatic heterocycles. The molecule has 1 aliphatic rings. The lowest BCUT2D eigenvalue weighted by Gasteiger charge is -2.28. The van der Waals surface area contributed by atoms with E-state index >= 15 is 0 Å². The fourth-order valence-corrected chi connectivity index (χ4v) is 1.32. The summed E-state index contributed by atoms with van der Waals surface area (Å²) in [7, 11) is 0. The average Bonchev–Trinajstić information content (AvgIpc) is 2.04. The second-order valence-electron chi connectivity index (χ2n) is 3.19. The van der Waals surface area contributed by atoms with Crippen LogP contribution in [0.2, 0.25) is 0 Å². The molecule has 2 heteroatoms. The van der Waals surface area contributed by atoms with Gasteiger partial charge in [-0.05, 0) is 25.1 Å². The van der Waals surface area contributed by atoms with Crippen LogP contribution < -0.4 is 10.6 Å². The summed E-state index contributed by atoms with van der Waals surface area (Å²) in [5, 5.41) is 6.74. The number of hydrogen-bond donors (Lipinski definition) is 2. The Morgan fingerprint density at radius 3 is 2.67 bits per heavy atom. The van der Waals surface area contributed by atoms with E-state index in [-0.39, 0.29) is 0 Å². The van der Waals surface area contributed by atoms with Crippen LogP contribution in [0.3, 0.4) is 0 Å². The maximum Gasteiger partial charge on any atom is 0.0340 e. The molecular formula is C10H14N2. The lowest BCUT2D eigenvalue weighted by molar-refractivity contribution is 0.387. The maximum absolute atomic E-state index is 3.38. The summed E-state index contributed by atoms with van der Waals surface area (Å²) in [5.74, 6) is 0. The van der Waals surface area contributed by atoms with Crippen molar-refractivity contribution in [1.82, 2.24) is 5.32 Å². The molecule has 2 rings (SSSR count). The predicted molar refractivity (Wildman–Crippen MR) is 51.3 cm³/mol. The predicted octanol–water partition coefficient (Wildman–Crippen LogP) is 1.46. The topological polar surface area (TPSA) is 24.1 Å². The van der Waals surface area contributed by atoms with Gasteiger partial charge in [-0.1, -0.05) is 18.2 Å². The molecule has 1 aromatic carbocycles. The Hall–Kier alpha value is -1.02. The van der Waals surface area contributed by atoms with Crippen molar-refractivity contribution in [2.45, 2.75) is 12.5 Å². The van der Waals surface area contributed by atoms with Crippen LogP contribution in [0.5, 0.6) is 0 Å². The summed E-state index contributed by atoms with van der Waals surface area (Å²) >= 11 is 0. The lowest BCUT2D eigenvalue weighted by Crippen LogP contribution is -2.47. The number of nitrogens with one attached hydrogen (secondary N) is 2. The molecule has 1 aromatic rings. The van der Waals surface area contributed by atoms with Crippen LogP contribution in [0.15, 0.2) is 30.3 Å². The van der Waals surface area contributed by atoms with E-state index in [1.807, 2.05) is 6.07 Å². The standard InChI is InChI=1S/C10H14N2/c1-2-4-9(5-3-1)12-8-10-6-7-11-10/h1-5,10-12H,6-8H2. The van der Waals surface area contributed by atoms with Gasteiger partial charge in [0.15, 0.2) is 0 Å². The van der Waals surface area contributed by atoms with E-state index in [0.717, 1.165) is 6.54 Å². The zero-order chi connectivity index (χ0) is 8.23. The molecule has 1 atom stereocenters. The molecule has 1 saturated heterocycles. The number of benzene rings is 1. The van der Waals surface area contributed by atoms with Crippen molar-refractivity contribution < 1.29 is 0 Å². The number of anilines is 1. The average molecular weight is 162 g/mol. The summed E-state index contributed by atoms with van der Waals surface area (Å²) in [4.78, 5) is 0. The number of para-hydroxylation sites is 1. The Morgan fingerprint density at radius 1 is 1.33 bits per heavy atom. The highest BCUT2D eigenvalue weighted by molar-refractivity contribution is 5.42. The van der Waals surface area contributed by atoms with Gasteiger partial charge in [-0.25, -0.2) is 0 Å². The summed E-state index contributed by atoms with van der Waals surface area (Å²) in [6, 6.07) is 11.0. The highest BCUT2D eigenvalue weighted by atomic mass is 15.0. The first-order valence-corrected chi connectivity index (χ1v) is 4.47. The molecule has 1 unspecified atom stereocenters. The molecule has 1 heterocycles. The second kappa shape index (κ2) is 3.59. The molecule has 0 spiro atoms. The number of rotatable bonds is 3. The third kappa shape index (κ3) is 1.77. The third-order valence-corrected chi connectivity index (χ3v) is 2.25. The van der Waals surface area contributed by atoms with Crippen molar-refractivity contribution in [3.8, 4) is 0 Å². The summed E-state index contributed by atoms with van der Waals surface area (Å²) < 4.78 is 0. The highest BCUT2D eigenvalue weighted by Crippen LogP contribution is 2.07. The number of hydrogen-bond acceptors (Lipinski definition) is 2. The van der Waals surface area contributed by atoms with Gasteiger partial charge in [-0.15, -0.1) is 0 Å². The van der Waals surface area contributed by atoms with Gasteiger partial charge in [-0.3, -0.25) is 0 Å². The van der Waals surface area contributed by atoms with Crippen molar-refractivity contribution in [3.63, 3.8) is 0 Å². The third-order valence-electron chi connectivity index (χ3n) is 2.25. The van der Waals surface area contributed by atoms with Crippen molar-refractivity contribution in [3.05, 3.63) is 30.3 Å². The molecule has 0 amide bonds. The Balaban J connectivity index is 1.79. The molecule has 2 nitrogen and oxygen atoms in total. The Kier molecular flexibility index (Phi) is 2.28. The van der Waals surface area contributed by atoms with E-state index in [2.05, 4.69) is 34.9 Å². The molecule has 2 N–H and O–H groups in total. The van der Waals surface area contributed by atoms with Crippen molar-refractivity contribution in [2.24, 2.45) is 0 Å². The van der Waals surface area contributed by atoms with E-state index in [1.165, 1.54) is 18.7 Å². The van der Waals surface area contributed by atoms with Gasteiger partial charge in [0.25, 0.3) is 0 Å². The Morgan fingerprint density at radius 2 is 2.08 bits per heavy atom. The molecule has 0 aliphatic carbocycles. The first-order valence-electron chi connectivity index (χ1n) is 4.47. The van der Waals surface area contributed by atoms with Gasteiger partial charge in [0.1, 0.15) is 0 Å². The Labute approximate surface area is 73.0 Å². The first-order chi connectivity index (χ1) is 5.95. The van der Waals surface area contributed by atoms with Crippen LogP contribution in [0, 0.1) is 0 Å². The van der Waals surface area contributed by atoms with E-state index in [1.54, 1.807) is 0 Å². The van der Waals surface area contributed by atoms with E-state index < -0.39 is 0 Å². The quantitative estimate of drug-likeness (QED) is 0.703.